The summed E-state index contributed by atoms with van der Waals surface area (Å²) >= 11 is 8.22. The van der Waals surface area contributed by atoms with E-state index >= 15 is 0 Å². The molecule has 2 aromatic rings. The second kappa shape index (κ2) is 8.86. The molecule has 1 N–H and O–H groups in total. The number of amides is 1. The second-order valence-electron chi connectivity index (χ2n) is 4.44. The fourth-order valence-electron chi connectivity index (χ4n) is 1.50. The monoisotopic (exact) mass is 387 g/mol. The minimum absolute atomic E-state index is 0.132. The van der Waals surface area contributed by atoms with E-state index in [0.29, 0.717) is 20.2 Å². The summed E-state index contributed by atoms with van der Waals surface area (Å²) in [6.07, 6.45) is -0.737. The van der Waals surface area contributed by atoms with Gasteiger partial charge in [-0.2, -0.15) is 0 Å². The number of benzene rings is 1. The van der Waals surface area contributed by atoms with Crippen molar-refractivity contribution in [2.75, 3.05) is 18.2 Å². The van der Waals surface area contributed by atoms with Crippen LogP contribution in [-0.2, 0) is 14.3 Å². The number of ether oxygens (including phenoxy) is 2. The van der Waals surface area contributed by atoms with Crippen LogP contribution in [0.1, 0.15) is 6.92 Å². The molecular formula is C14H14ClN3O4S2. The van der Waals surface area contributed by atoms with Gasteiger partial charge in [-0.1, -0.05) is 40.8 Å². The van der Waals surface area contributed by atoms with E-state index in [1.165, 1.54) is 18.9 Å². The first-order chi connectivity index (χ1) is 11.5. The number of nitrogens with zero attached hydrogens (tertiary/aromatic N) is 2. The summed E-state index contributed by atoms with van der Waals surface area (Å²) in [7, 11) is 1.32. The third-order valence-corrected chi connectivity index (χ3v) is 4.84. The molecule has 0 spiro atoms. The van der Waals surface area contributed by atoms with Crippen LogP contribution in [0.5, 0.6) is 5.75 Å². The number of halogens is 1. The van der Waals surface area contributed by atoms with Gasteiger partial charge in [-0.05, 0) is 25.1 Å². The molecule has 0 bridgehead atoms. The highest BCUT2D eigenvalue weighted by Gasteiger charge is 2.17. The summed E-state index contributed by atoms with van der Waals surface area (Å²) in [5.74, 6) is -0.0930. The standard InChI is InChI=1S/C14H14ClN3O4S2/c1-8(22-10-5-3-4-9(15)6-10)12(20)16-13-17-18-14(24-13)23-7-11(19)21-2/h3-6,8H,7H2,1-2H3,(H,16,17,20)/t8-/m1/s1. The molecule has 24 heavy (non-hydrogen) atoms. The lowest BCUT2D eigenvalue weighted by Crippen LogP contribution is -2.30. The quantitative estimate of drug-likeness (QED) is 0.443. The lowest BCUT2D eigenvalue weighted by atomic mass is 10.3. The van der Waals surface area contributed by atoms with Crippen molar-refractivity contribution in [3.8, 4) is 5.75 Å². The predicted molar refractivity (Wildman–Crippen MR) is 92.8 cm³/mol. The van der Waals surface area contributed by atoms with E-state index in [-0.39, 0.29) is 17.6 Å². The second-order valence-corrected chi connectivity index (χ2v) is 7.08. The van der Waals surface area contributed by atoms with E-state index in [1.54, 1.807) is 31.2 Å². The number of esters is 1. The Morgan fingerprint density at radius 1 is 1.42 bits per heavy atom. The van der Waals surface area contributed by atoms with Crippen LogP contribution in [0.2, 0.25) is 5.02 Å². The van der Waals surface area contributed by atoms with Crippen molar-refractivity contribution in [2.24, 2.45) is 0 Å². The van der Waals surface area contributed by atoms with Gasteiger partial charge >= 0.3 is 5.97 Å². The van der Waals surface area contributed by atoms with Crippen molar-refractivity contribution in [1.29, 1.82) is 0 Å². The van der Waals surface area contributed by atoms with Crippen molar-refractivity contribution >= 4 is 51.7 Å². The fraction of sp³-hybridized carbons (Fsp3) is 0.286. The van der Waals surface area contributed by atoms with Crippen molar-refractivity contribution in [3.05, 3.63) is 29.3 Å². The van der Waals surface area contributed by atoms with E-state index in [9.17, 15) is 9.59 Å². The van der Waals surface area contributed by atoms with Gasteiger partial charge in [0.15, 0.2) is 10.4 Å². The molecule has 1 atom stereocenters. The number of anilines is 1. The van der Waals surface area contributed by atoms with Crippen LogP contribution in [-0.4, -0.2) is 41.0 Å². The van der Waals surface area contributed by atoms with Gasteiger partial charge in [-0.15, -0.1) is 10.2 Å². The molecule has 2 rings (SSSR count). The van der Waals surface area contributed by atoms with Crippen LogP contribution in [0.3, 0.4) is 0 Å². The molecule has 0 unspecified atom stereocenters. The molecule has 0 fully saturated rings. The van der Waals surface area contributed by atoms with Crippen molar-refractivity contribution in [1.82, 2.24) is 10.2 Å². The zero-order valence-corrected chi connectivity index (χ0v) is 15.2. The summed E-state index contributed by atoms with van der Waals surface area (Å²) < 4.78 is 10.6. The molecule has 1 aromatic carbocycles. The van der Waals surface area contributed by atoms with Gasteiger partial charge in [-0.3, -0.25) is 14.9 Å². The molecule has 10 heteroatoms. The zero-order valence-electron chi connectivity index (χ0n) is 12.8. The average molecular weight is 388 g/mol. The first-order valence-electron chi connectivity index (χ1n) is 6.74. The Morgan fingerprint density at radius 3 is 2.92 bits per heavy atom. The lowest BCUT2D eigenvalue weighted by Gasteiger charge is -2.13. The van der Waals surface area contributed by atoms with Gasteiger partial charge < -0.3 is 9.47 Å². The van der Waals surface area contributed by atoms with Crippen LogP contribution in [0.4, 0.5) is 5.13 Å². The maximum absolute atomic E-state index is 12.1. The molecule has 0 saturated carbocycles. The highest BCUT2D eigenvalue weighted by atomic mass is 35.5. The molecule has 1 heterocycles. The van der Waals surface area contributed by atoms with Crippen LogP contribution >= 0.6 is 34.7 Å². The number of thioether (sulfide) groups is 1. The van der Waals surface area contributed by atoms with Crippen molar-refractivity contribution < 1.29 is 19.1 Å². The van der Waals surface area contributed by atoms with Gasteiger partial charge in [0, 0.05) is 5.02 Å². The number of carbonyl (C=O) groups excluding carboxylic acids is 2. The normalized spacial score (nSPS) is 11.6. The molecule has 1 aromatic heterocycles. The summed E-state index contributed by atoms with van der Waals surface area (Å²) in [5, 5.41) is 11.2. The average Bonchev–Trinajstić information content (AvgIpc) is 3.00. The van der Waals surface area contributed by atoms with E-state index in [0.717, 1.165) is 11.3 Å². The summed E-state index contributed by atoms with van der Waals surface area (Å²) in [5.41, 5.74) is 0. The molecule has 128 valence electrons. The zero-order chi connectivity index (χ0) is 17.5. The minimum atomic E-state index is -0.737. The topological polar surface area (TPSA) is 90.4 Å². The Balaban J connectivity index is 1.87. The van der Waals surface area contributed by atoms with E-state index < -0.39 is 6.10 Å². The Labute approximate surface area is 151 Å². The summed E-state index contributed by atoms with van der Waals surface area (Å²) in [4.78, 5) is 23.2. The smallest absolute Gasteiger partial charge is 0.316 e. The third kappa shape index (κ3) is 5.66. The van der Waals surface area contributed by atoms with Crippen LogP contribution in [0.25, 0.3) is 0 Å². The van der Waals surface area contributed by atoms with E-state index in [4.69, 9.17) is 16.3 Å². The fourth-order valence-corrected chi connectivity index (χ4v) is 3.27. The molecule has 0 saturated heterocycles. The maximum atomic E-state index is 12.1. The molecule has 1 amide bonds. The first kappa shape index (κ1) is 18.5. The number of rotatable bonds is 7. The Kier molecular flexibility index (Phi) is 6.83. The summed E-state index contributed by atoms with van der Waals surface area (Å²) in [6, 6.07) is 6.78. The maximum Gasteiger partial charge on any atom is 0.316 e. The number of methoxy groups -OCH3 is 1. The number of hydrogen-bond donors (Lipinski definition) is 1. The van der Waals surface area contributed by atoms with Crippen LogP contribution in [0, 0.1) is 0 Å². The number of aromatic nitrogens is 2. The van der Waals surface area contributed by atoms with Gasteiger partial charge in [-0.25, -0.2) is 0 Å². The number of nitrogens with one attached hydrogen (secondary N) is 1. The molecule has 7 nitrogen and oxygen atoms in total. The number of hydrogen-bond acceptors (Lipinski definition) is 8. The van der Waals surface area contributed by atoms with Gasteiger partial charge in [0.25, 0.3) is 5.91 Å². The van der Waals surface area contributed by atoms with E-state index in [2.05, 4.69) is 20.3 Å². The predicted octanol–water partition coefficient (Wildman–Crippen LogP) is 2.86. The molecular weight excluding hydrogens is 374 g/mol. The van der Waals surface area contributed by atoms with Crippen molar-refractivity contribution in [3.63, 3.8) is 0 Å². The summed E-state index contributed by atoms with van der Waals surface area (Å²) in [6.45, 7) is 1.62. The number of carbonyl (C=O) groups is 2. The minimum Gasteiger partial charge on any atom is -0.481 e. The molecule has 0 aliphatic carbocycles. The molecule has 0 radical (unpaired) electrons. The molecule has 0 aliphatic rings. The highest BCUT2D eigenvalue weighted by molar-refractivity contribution is 8.01. The van der Waals surface area contributed by atoms with Crippen LogP contribution < -0.4 is 10.1 Å². The Morgan fingerprint density at radius 2 is 2.21 bits per heavy atom. The van der Waals surface area contributed by atoms with Gasteiger partial charge in [0.05, 0.1) is 12.9 Å². The van der Waals surface area contributed by atoms with Gasteiger partial charge in [0.1, 0.15) is 5.75 Å². The highest BCUT2D eigenvalue weighted by Crippen LogP contribution is 2.26. The Bertz CT molecular complexity index is 726. The van der Waals surface area contributed by atoms with Crippen molar-refractivity contribution in [2.45, 2.75) is 17.4 Å². The van der Waals surface area contributed by atoms with Gasteiger partial charge in [0.2, 0.25) is 5.13 Å². The SMILES string of the molecule is COC(=O)CSc1nnc(NC(=O)[C@@H](C)Oc2cccc(Cl)c2)s1. The van der Waals surface area contributed by atoms with Crippen LogP contribution in [0.15, 0.2) is 28.6 Å². The largest absolute Gasteiger partial charge is 0.481 e. The third-order valence-electron chi connectivity index (χ3n) is 2.66. The molecule has 0 aliphatic heterocycles. The lowest BCUT2D eigenvalue weighted by molar-refractivity contribution is -0.137. The Hall–Kier alpha value is -1.84. The van der Waals surface area contributed by atoms with E-state index in [1.807, 2.05) is 0 Å². The first-order valence-corrected chi connectivity index (χ1v) is 8.92.